The Kier molecular flexibility index (Phi) is 3.57. The van der Waals surface area contributed by atoms with Crippen molar-refractivity contribution in [2.45, 2.75) is 13.1 Å². The fourth-order valence-electron chi connectivity index (χ4n) is 3.13. The van der Waals surface area contributed by atoms with Crippen LogP contribution >= 0.6 is 0 Å². The van der Waals surface area contributed by atoms with E-state index in [1.165, 1.54) is 0 Å². The molecule has 0 saturated carbocycles. The topological polar surface area (TPSA) is 92.3 Å². The van der Waals surface area contributed by atoms with Gasteiger partial charge in [-0.1, -0.05) is 36.4 Å². The number of aromatic nitrogens is 2. The predicted octanol–water partition coefficient (Wildman–Crippen LogP) is 2.94. The third kappa shape index (κ3) is 2.78. The van der Waals surface area contributed by atoms with Crippen LogP contribution in [0, 0.1) is 0 Å². The van der Waals surface area contributed by atoms with E-state index in [1.807, 2.05) is 36.4 Å². The molecule has 2 aromatic carbocycles. The number of anilines is 2. The summed E-state index contributed by atoms with van der Waals surface area (Å²) in [5.74, 6) is -0.689. The maximum Gasteiger partial charge on any atom is 0.335 e. The van der Waals surface area contributed by atoms with Gasteiger partial charge in [0.05, 0.1) is 23.5 Å². The largest absolute Gasteiger partial charge is 0.478 e. The number of nitrogens with two attached hydrogens (primary N) is 1. The van der Waals surface area contributed by atoms with E-state index in [4.69, 9.17) is 5.73 Å². The van der Waals surface area contributed by atoms with Crippen molar-refractivity contribution in [1.82, 2.24) is 9.97 Å². The maximum atomic E-state index is 11.2. The number of hydrogen-bond acceptors (Lipinski definition) is 5. The van der Waals surface area contributed by atoms with Crippen molar-refractivity contribution >= 4 is 17.6 Å². The highest BCUT2D eigenvalue weighted by Crippen LogP contribution is 2.33. The number of hydrogen-bond donors (Lipinski definition) is 2. The van der Waals surface area contributed by atoms with E-state index in [0.29, 0.717) is 13.1 Å². The van der Waals surface area contributed by atoms with Crippen molar-refractivity contribution in [3.05, 3.63) is 71.4 Å². The molecule has 1 aliphatic heterocycles. The van der Waals surface area contributed by atoms with Crippen LogP contribution in [0.4, 0.5) is 11.6 Å². The molecule has 0 spiro atoms. The van der Waals surface area contributed by atoms with Gasteiger partial charge in [-0.3, -0.25) is 0 Å². The molecule has 6 nitrogen and oxygen atoms in total. The molecule has 0 unspecified atom stereocenters. The number of benzene rings is 2. The van der Waals surface area contributed by atoms with E-state index >= 15 is 0 Å². The Morgan fingerprint density at radius 2 is 1.84 bits per heavy atom. The predicted molar refractivity (Wildman–Crippen MR) is 95.2 cm³/mol. The van der Waals surface area contributed by atoms with Gasteiger partial charge in [-0.05, 0) is 18.2 Å². The number of fused-ring (bicyclic) bond motifs is 1. The summed E-state index contributed by atoms with van der Waals surface area (Å²) in [6, 6.07) is 16.8. The van der Waals surface area contributed by atoms with Gasteiger partial charge in [-0.15, -0.1) is 0 Å². The van der Waals surface area contributed by atoms with Crippen molar-refractivity contribution in [3.63, 3.8) is 0 Å². The average Bonchev–Trinajstić information content (AvgIpc) is 3.05. The third-order valence-corrected chi connectivity index (χ3v) is 4.31. The second-order valence-electron chi connectivity index (χ2n) is 5.93. The van der Waals surface area contributed by atoms with E-state index in [9.17, 15) is 9.90 Å². The van der Waals surface area contributed by atoms with Crippen LogP contribution in [0.2, 0.25) is 0 Å². The number of nitrogen functional groups attached to an aromatic ring is 1. The molecule has 1 aromatic heterocycles. The van der Waals surface area contributed by atoms with Crippen LogP contribution in [-0.4, -0.2) is 21.0 Å². The Labute approximate surface area is 144 Å². The van der Waals surface area contributed by atoms with Gasteiger partial charge in [-0.25, -0.2) is 14.8 Å². The lowest BCUT2D eigenvalue weighted by Gasteiger charge is -2.17. The lowest BCUT2D eigenvalue weighted by molar-refractivity contribution is 0.0697. The van der Waals surface area contributed by atoms with Crippen LogP contribution in [0.1, 0.15) is 21.6 Å². The lowest BCUT2D eigenvalue weighted by atomic mass is 10.1. The van der Waals surface area contributed by atoms with Crippen molar-refractivity contribution in [1.29, 1.82) is 0 Å². The Bertz CT molecular complexity index is 957. The van der Waals surface area contributed by atoms with Gasteiger partial charge in [0.15, 0.2) is 0 Å². The quantitative estimate of drug-likeness (QED) is 0.766. The Morgan fingerprint density at radius 1 is 1.04 bits per heavy atom. The van der Waals surface area contributed by atoms with Crippen LogP contribution in [0.15, 0.2) is 54.6 Å². The molecule has 0 fully saturated rings. The van der Waals surface area contributed by atoms with E-state index in [2.05, 4.69) is 14.9 Å². The Balaban J connectivity index is 1.74. The minimum absolute atomic E-state index is 0.249. The van der Waals surface area contributed by atoms with Gasteiger partial charge >= 0.3 is 5.97 Å². The van der Waals surface area contributed by atoms with Crippen LogP contribution in [-0.2, 0) is 13.1 Å². The minimum Gasteiger partial charge on any atom is -0.478 e. The van der Waals surface area contributed by atoms with Gasteiger partial charge in [0.1, 0.15) is 0 Å². The maximum absolute atomic E-state index is 11.2. The number of carbonyl (C=O) groups is 1. The summed E-state index contributed by atoms with van der Waals surface area (Å²) in [5.41, 5.74) is 10.7. The van der Waals surface area contributed by atoms with Crippen LogP contribution in [0.3, 0.4) is 0 Å². The molecule has 0 amide bonds. The lowest BCUT2D eigenvalue weighted by Crippen LogP contribution is -2.15. The van der Waals surface area contributed by atoms with Crippen molar-refractivity contribution in [3.8, 4) is 11.3 Å². The number of nitrogens with zero attached hydrogens (tertiary/aromatic N) is 3. The summed E-state index contributed by atoms with van der Waals surface area (Å²) in [4.78, 5) is 22.1. The van der Waals surface area contributed by atoms with Crippen LogP contribution in [0.25, 0.3) is 11.3 Å². The number of aromatic carboxylic acids is 1. The zero-order chi connectivity index (χ0) is 17.4. The van der Waals surface area contributed by atoms with Crippen LogP contribution in [0.5, 0.6) is 0 Å². The molecule has 2 heterocycles. The van der Waals surface area contributed by atoms with Gasteiger partial charge < -0.3 is 15.7 Å². The third-order valence-electron chi connectivity index (χ3n) is 4.31. The molecule has 0 aliphatic carbocycles. The highest BCUT2D eigenvalue weighted by molar-refractivity contribution is 5.89. The Hall–Kier alpha value is -3.41. The molecular formula is C19H16N4O2. The molecule has 0 bridgehead atoms. The zero-order valence-corrected chi connectivity index (χ0v) is 13.4. The summed E-state index contributed by atoms with van der Waals surface area (Å²) in [6.45, 7) is 1.19. The molecule has 3 N–H and O–H groups in total. The van der Waals surface area contributed by atoms with Gasteiger partial charge in [-0.2, -0.15) is 0 Å². The van der Waals surface area contributed by atoms with E-state index in [1.54, 1.807) is 18.2 Å². The summed E-state index contributed by atoms with van der Waals surface area (Å²) < 4.78 is 0. The SMILES string of the molecule is Nc1nc2c(c(-c3ccccc3)n1)CN(c1cccc(C(=O)O)c1)C2. The minimum atomic E-state index is -0.937. The number of carboxylic acid groups (broad SMARTS) is 1. The molecule has 124 valence electrons. The normalized spacial score (nSPS) is 12.9. The molecule has 0 radical (unpaired) electrons. The first-order valence-corrected chi connectivity index (χ1v) is 7.91. The first kappa shape index (κ1) is 15.1. The summed E-state index contributed by atoms with van der Waals surface area (Å²) in [7, 11) is 0. The molecule has 3 aromatic rings. The molecule has 0 atom stereocenters. The molecule has 0 saturated heterocycles. The highest BCUT2D eigenvalue weighted by atomic mass is 16.4. The second-order valence-corrected chi connectivity index (χ2v) is 5.93. The van der Waals surface area contributed by atoms with Gasteiger partial charge in [0.25, 0.3) is 0 Å². The van der Waals surface area contributed by atoms with Crippen molar-refractivity contribution in [2.75, 3.05) is 10.6 Å². The van der Waals surface area contributed by atoms with Gasteiger partial charge in [0.2, 0.25) is 5.95 Å². The average molecular weight is 332 g/mol. The number of carboxylic acids is 1. The molecule has 6 heteroatoms. The molecule has 25 heavy (non-hydrogen) atoms. The van der Waals surface area contributed by atoms with E-state index in [0.717, 1.165) is 28.2 Å². The first-order chi connectivity index (χ1) is 12.1. The fourth-order valence-corrected chi connectivity index (χ4v) is 3.13. The molecule has 1 aliphatic rings. The Morgan fingerprint density at radius 3 is 2.60 bits per heavy atom. The van der Waals surface area contributed by atoms with E-state index < -0.39 is 5.97 Å². The first-order valence-electron chi connectivity index (χ1n) is 7.91. The second kappa shape index (κ2) is 5.90. The zero-order valence-electron chi connectivity index (χ0n) is 13.4. The van der Waals surface area contributed by atoms with Crippen molar-refractivity contribution < 1.29 is 9.90 Å². The van der Waals surface area contributed by atoms with Crippen molar-refractivity contribution in [2.24, 2.45) is 0 Å². The number of rotatable bonds is 3. The fraction of sp³-hybridized carbons (Fsp3) is 0.105. The summed E-state index contributed by atoms with van der Waals surface area (Å²) in [6.07, 6.45) is 0. The van der Waals surface area contributed by atoms with Crippen LogP contribution < -0.4 is 10.6 Å². The molecular weight excluding hydrogens is 316 g/mol. The summed E-state index contributed by atoms with van der Waals surface area (Å²) >= 11 is 0. The van der Waals surface area contributed by atoms with E-state index in [-0.39, 0.29) is 11.5 Å². The standard InChI is InChI=1S/C19H16N4O2/c20-19-21-16-11-23(14-8-4-7-13(9-14)18(24)25)10-15(16)17(22-19)12-5-2-1-3-6-12/h1-9H,10-11H2,(H,24,25)(H2,20,21,22). The molecule has 4 rings (SSSR count). The monoisotopic (exact) mass is 332 g/mol. The smallest absolute Gasteiger partial charge is 0.335 e. The van der Waals surface area contributed by atoms with Gasteiger partial charge in [0, 0.05) is 23.4 Å². The summed E-state index contributed by atoms with van der Waals surface area (Å²) in [5, 5.41) is 9.20. The highest BCUT2D eigenvalue weighted by Gasteiger charge is 2.26.